The molecule has 2 atom stereocenters. The van der Waals surface area contributed by atoms with E-state index < -0.39 is 17.7 Å². The number of methoxy groups -OCH3 is 2. The Morgan fingerprint density at radius 2 is 1.97 bits per heavy atom. The van der Waals surface area contributed by atoms with Crippen LogP contribution in [0.25, 0.3) is 0 Å². The largest absolute Gasteiger partial charge is 0.497 e. The maximum atomic E-state index is 13.3. The molecular weight excluding hydrogens is 374 g/mol. The predicted molar refractivity (Wildman–Crippen MR) is 109 cm³/mol. The molecule has 154 valence electrons. The first-order valence-electron chi connectivity index (χ1n) is 9.32. The number of amides is 3. The fourth-order valence-corrected chi connectivity index (χ4v) is 3.24. The molecule has 0 bridgehead atoms. The number of aliphatic hydroxyl groups is 1. The number of anilines is 2. The minimum absolute atomic E-state index is 0.191. The Hall–Kier alpha value is -3.26. The molecule has 8 nitrogen and oxygen atoms in total. The van der Waals surface area contributed by atoms with Gasteiger partial charge in [0.2, 0.25) is 0 Å². The average molecular weight is 399 g/mol. The van der Waals surface area contributed by atoms with E-state index >= 15 is 0 Å². The summed E-state index contributed by atoms with van der Waals surface area (Å²) in [5.74, 6) is 0.0803. The monoisotopic (exact) mass is 399 g/mol. The molecule has 0 aromatic heterocycles. The molecule has 1 heterocycles. The molecular formula is C21H25N3O5. The summed E-state index contributed by atoms with van der Waals surface area (Å²) in [6, 6.07) is 10.6. The summed E-state index contributed by atoms with van der Waals surface area (Å²) >= 11 is 0. The van der Waals surface area contributed by atoms with Gasteiger partial charge in [-0.3, -0.25) is 4.79 Å². The number of para-hydroxylation sites is 1. The minimum atomic E-state index is -2.27. The fourth-order valence-electron chi connectivity index (χ4n) is 3.24. The lowest BCUT2D eigenvalue weighted by Gasteiger charge is -2.43. The van der Waals surface area contributed by atoms with E-state index in [1.54, 1.807) is 42.5 Å². The predicted octanol–water partition coefficient (Wildman–Crippen LogP) is 2.82. The van der Waals surface area contributed by atoms with E-state index in [1.165, 1.54) is 14.2 Å². The van der Waals surface area contributed by atoms with Crippen LogP contribution < -0.4 is 25.0 Å². The van der Waals surface area contributed by atoms with Crippen molar-refractivity contribution < 1.29 is 24.2 Å². The lowest BCUT2D eigenvalue weighted by atomic mass is 9.94. The van der Waals surface area contributed by atoms with Gasteiger partial charge >= 0.3 is 6.03 Å². The Kier molecular flexibility index (Phi) is 5.65. The second kappa shape index (κ2) is 8.00. The van der Waals surface area contributed by atoms with Crippen molar-refractivity contribution in [2.45, 2.75) is 32.0 Å². The number of ether oxygens (including phenoxy) is 2. The molecule has 3 rings (SSSR count). The zero-order valence-corrected chi connectivity index (χ0v) is 16.9. The van der Waals surface area contributed by atoms with Gasteiger partial charge in [0.05, 0.1) is 25.6 Å². The zero-order valence-electron chi connectivity index (χ0n) is 16.9. The van der Waals surface area contributed by atoms with Crippen molar-refractivity contribution in [2.75, 3.05) is 24.4 Å². The van der Waals surface area contributed by atoms with Crippen LogP contribution in [0.3, 0.4) is 0 Å². The van der Waals surface area contributed by atoms with Gasteiger partial charge in [-0.2, -0.15) is 0 Å². The maximum absolute atomic E-state index is 13.3. The van der Waals surface area contributed by atoms with Crippen LogP contribution in [0.1, 0.15) is 25.8 Å². The van der Waals surface area contributed by atoms with Gasteiger partial charge in [0.25, 0.3) is 11.6 Å². The summed E-state index contributed by atoms with van der Waals surface area (Å²) in [4.78, 5) is 27.3. The van der Waals surface area contributed by atoms with E-state index in [2.05, 4.69) is 10.6 Å². The van der Waals surface area contributed by atoms with Crippen molar-refractivity contribution in [1.82, 2.24) is 5.32 Å². The first-order valence-corrected chi connectivity index (χ1v) is 9.32. The summed E-state index contributed by atoms with van der Waals surface area (Å²) in [5.41, 5.74) is -1.42. The highest BCUT2D eigenvalue weighted by Crippen LogP contribution is 2.43. The fraction of sp³-hybridized carbons (Fsp3) is 0.333. The van der Waals surface area contributed by atoms with Crippen molar-refractivity contribution in [2.24, 2.45) is 0 Å². The second-order valence-electron chi connectivity index (χ2n) is 6.80. The Morgan fingerprint density at radius 3 is 2.62 bits per heavy atom. The van der Waals surface area contributed by atoms with E-state index in [9.17, 15) is 14.7 Å². The molecule has 3 amide bonds. The van der Waals surface area contributed by atoms with E-state index in [4.69, 9.17) is 9.47 Å². The van der Waals surface area contributed by atoms with Gasteiger partial charge in [-0.1, -0.05) is 25.1 Å². The van der Waals surface area contributed by atoms with Crippen molar-refractivity contribution in [3.63, 3.8) is 0 Å². The molecule has 0 saturated heterocycles. The normalized spacial score (nSPS) is 19.1. The Labute approximate surface area is 169 Å². The molecule has 0 saturated carbocycles. The topological polar surface area (TPSA) is 100 Å². The van der Waals surface area contributed by atoms with Crippen LogP contribution in [0.2, 0.25) is 0 Å². The van der Waals surface area contributed by atoms with Crippen molar-refractivity contribution in [3.05, 3.63) is 48.0 Å². The van der Waals surface area contributed by atoms with E-state index in [1.807, 2.05) is 13.8 Å². The van der Waals surface area contributed by atoms with E-state index in [-0.39, 0.29) is 23.0 Å². The van der Waals surface area contributed by atoms with Crippen LogP contribution >= 0.6 is 0 Å². The van der Waals surface area contributed by atoms with Crippen LogP contribution in [-0.2, 0) is 10.5 Å². The van der Waals surface area contributed by atoms with Gasteiger partial charge in [0.15, 0.2) is 0 Å². The molecule has 8 heteroatoms. The average Bonchev–Trinajstić information content (AvgIpc) is 2.73. The molecule has 2 aromatic carbocycles. The molecule has 1 aliphatic rings. The molecule has 1 aliphatic heterocycles. The molecule has 0 aliphatic carbocycles. The molecule has 0 fully saturated rings. The Bertz CT molecular complexity index is 932. The summed E-state index contributed by atoms with van der Waals surface area (Å²) in [7, 11) is 2.95. The van der Waals surface area contributed by atoms with Crippen LogP contribution in [0.4, 0.5) is 16.2 Å². The van der Waals surface area contributed by atoms with Gasteiger partial charge < -0.3 is 25.2 Å². The number of nitrogens with zero attached hydrogens (tertiary/aromatic N) is 1. The Balaban J connectivity index is 2.21. The quantitative estimate of drug-likeness (QED) is 0.694. The van der Waals surface area contributed by atoms with Crippen LogP contribution in [0.15, 0.2) is 42.5 Å². The molecule has 0 spiro atoms. The third-order valence-electron chi connectivity index (χ3n) is 5.01. The number of carbonyl (C=O) groups excluding carboxylic acids is 2. The van der Waals surface area contributed by atoms with Crippen molar-refractivity contribution in [3.8, 4) is 11.5 Å². The number of fused-ring (bicyclic) bond motifs is 1. The molecule has 2 aromatic rings. The highest BCUT2D eigenvalue weighted by molar-refractivity contribution is 6.12. The van der Waals surface area contributed by atoms with Gasteiger partial charge in [0.1, 0.15) is 11.5 Å². The molecule has 0 radical (unpaired) electrons. The van der Waals surface area contributed by atoms with Crippen LogP contribution in [0.5, 0.6) is 11.5 Å². The molecule has 29 heavy (non-hydrogen) atoms. The smallest absolute Gasteiger partial charge is 0.329 e. The van der Waals surface area contributed by atoms with Gasteiger partial charge in [0, 0.05) is 17.7 Å². The molecule has 3 N–H and O–H groups in total. The standard InChI is InChI=1S/C21H25N3O5/c1-5-13(2)22-19(25)21(27)15-8-6-7-9-16(15)23-20(26)24(21)17-11-10-14(28-3)12-18(17)29-4/h6-13,27H,5H2,1-4H3,(H,22,25)(H,23,26). The summed E-state index contributed by atoms with van der Waals surface area (Å²) in [6.07, 6.45) is 0.668. The highest BCUT2D eigenvalue weighted by atomic mass is 16.5. The first kappa shape index (κ1) is 20.5. The van der Waals surface area contributed by atoms with E-state index in [0.717, 1.165) is 4.90 Å². The van der Waals surface area contributed by atoms with E-state index in [0.29, 0.717) is 17.9 Å². The van der Waals surface area contributed by atoms with Gasteiger partial charge in [-0.25, -0.2) is 9.69 Å². The van der Waals surface area contributed by atoms with Gasteiger partial charge in [-0.05, 0) is 31.5 Å². The van der Waals surface area contributed by atoms with Crippen molar-refractivity contribution >= 4 is 23.3 Å². The number of benzene rings is 2. The number of hydrogen-bond donors (Lipinski definition) is 3. The third-order valence-corrected chi connectivity index (χ3v) is 5.01. The summed E-state index contributed by atoms with van der Waals surface area (Å²) in [6.45, 7) is 3.75. The van der Waals surface area contributed by atoms with Crippen LogP contribution in [-0.4, -0.2) is 37.3 Å². The number of nitrogens with one attached hydrogen (secondary N) is 2. The van der Waals surface area contributed by atoms with Gasteiger partial charge in [-0.15, -0.1) is 0 Å². The Morgan fingerprint density at radius 1 is 1.24 bits per heavy atom. The van der Waals surface area contributed by atoms with Crippen molar-refractivity contribution in [1.29, 1.82) is 0 Å². The summed E-state index contributed by atoms with van der Waals surface area (Å²) in [5, 5.41) is 17.2. The number of hydrogen-bond acceptors (Lipinski definition) is 5. The zero-order chi connectivity index (χ0) is 21.2. The van der Waals surface area contributed by atoms with Crippen LogP contribution in [0, 0.1) is 0 Å². The number of rotatable bonds is 6. The number of carbonyl (C=O) groups is 2. The second-order valence-corrected chi connectivity index (χ2v) is 6.80. The first-order chi connectivity index (χ1) is 13.9. The molecule has 2 unspecified atom stereocenters. The lowest BCUT2D eigenvalue weighted by Crippen LogP contribution is -2.63. The third kappa shape index (κ3) is 3.47. The number of urea groups is 1. The summed E-state index contributed by atoms with van der Waals surface area (Å²) < 4.78 is 10.6. The minimum Gasteiger partial charge on any atom is -0.497 e. The SMILES string of the molecule is CCC(C)NC(=O)C1(O)c2ccccc2NC(=O)N1c1ccc(OC)cc1OC. The highest BCUT2D eigenvalue weighted by Gasteiger charge is 2.52. The lowest BCUT2D eigenvalue weighted by molar-refractivity contribution is -0.141. The maximum Gasteiger partial charge on any atom is 0.329 e.